The second-order valence-corrected chi connectivity index (χ2v) is 11.1. The molecule has 0 radical (unpaired) electrons. The van der Waals surface area contributed by atoms with Crippen LogP contribution >= 0.6 is 0 Å². The lowest BCUT2D eigenvalue weighted by Crippen LogP contribution is -2.33. The fourth-order valence-electron chi connectivity index (χ4n) is 4.34. The molecule has 0 saturated carbocycles. The summed E-state index contributed by atoms with van der Waals surface area (Å²) < 4.78 is 48.4. The minimum Gasteiger partial charge on any atom is -0.494 e. The molecule has 0 aliphatic rings. The largest absolute Gasteiger partial charge is 0.494 e. The summed E-state index contributed by atoms with van der Waals surface area (Å²) in [6.07, 6.45) is 5.44. The summed E-state index contributed by atoms with van der Waals surface area (Å²) in [5.41, 5.74) is 3.16. The molecule has 0 fully saturated rings. The summed E-state index contributed by atoms with van der Waals surface area (Å²) in [5, 5.41) is 7.50. The lowest BCUT2D eigenvalue weighted by atomic mass is 10.1. The molecule has 41 heavy (non-hydrogen) atoms. The number of para-hydroxylation sites is 1. The first-order chi connectivity index (χ1) is 19.8. The van der Waals surface area contributed by atoms with Gasteiger partial charge in [-0.1, -0.05) is 6.07 Å². The first kappa shape index (κ1) is 27.9. The molecule has 0 spiro atoms. The van der Waals surface area contributed by atoms with Crippen LogP contribution in [0.3, 0.4) is 0 Å². The number of nitrogens with one attached hydrogen (secondary N) is 1. The maximum absolute atomic E-state index is 13.7. The summed E-state index contributed by atoms with van der Waals surface area (Å²) in [4.78, 5) is 17.2. The SMILES string of the molecule is COc1cccc(OC)c1-n1c(NS(=O)(=O)C(C)C(OC)c2ncc(C)cn2)nnc1-c1ccc2nccnc2c1. The Morgan fingerprint density at radius 3 is 2.17 bits per heavy atom. The molecule has 2 atom stereocenters. The minimum atomic E-state index is -4.14. The molecule has 5 rings (SSSR count). The zero-order valence-electron chi connectivity index (χ0n) is 23.0. The summed E-state index contributed by atoms with van der Waals surface area (Å²) >= 11 is 0. The van der Waals surface area contributed by atoms with E-state index in [1.54, 1.807) is 61.2 Å². The third-order valence-electron chi connectivity index (χ3n) is 6.47. The molecule has 2 aromatic carbocycles. The monoisotopic (exact) mass is 576 g/mol. The smallest absolute Gasteiger partial charge is 0.243 e. The number of benzene rings is 2. The molecule has 0 amide bonds. The standard InChI is InChI=1S/C27H28N8O5S/c1-16-14-30-25(31-15-16)24(40-5)17(2)41(36,37)34-27-33-32-26(18-9-10-19-20(13-18)29-12-11-28-19)35(27)23-21(38-3)7-6-8-22(23)39-4/h6-15,17,24H,1-5H3,(H,33,34). The maximum atomic E-state index is 13.7. The molecular formula is C27H28N8O5S. The van der Waals surface area contributed by atoms with Gasteiger partial charge in [-0.3, -0.25) is 19.3 Å². The lowest BCUT2D eigenvalue weighted by molar-refractivity contribution is 0.0949. The summed E-state index contributed by atoms with van der Waals surface area (Å²) in [5.74, 6) is 1.27. The van der Waals surface area contributed by atoms with Crippen LogP contribution in [0.25, 0.3) is 28.1 Å². The van der Waals surface area contributed by atoms with Crippen molar-refractivity contribution in [3.05, 3.63) is 72.6 Å². The average molecular weight is 577 g/mol. The molecule has 0 saturated heterocycles. The Bertz CT molecular complexity index is 1770. The Morgan fingerprint density at radius 1 is 0.878 bits per heavy atom. The van der Waals surface area contributed by atoms with Crippen LogP contribution in [-0.2, 0) is 14.8 Å². The molecule has 5 aromatic rings. The van der Waals surface area contributed by atoms with Crippen LogP contribution in [0.1, 0.15) is 24.4 Å². The predicted octanol–water partition coefficient (Wildman–Crippen LogP) is 3.51. The molecule has 0 aliphatic carbocycles. The van der Waals surface area contributed by atoms with Crippen LogP contribution < -0.4 is 14.2 Å². The number of ether oxygens (including phenoxy) is 3. The van der Waals surface area contributed by atoms with Crippen molar-refractivity contribution in [2.24, 2.45) is 0 Å². The number of aryl methyl sites for hydroxylation is 1. The Hall–Kier alpha value is -4.69. The molecule has 212 valence electrons. The van der Waals surface area contributed by atoms with Crippen LogP contribution in [0.2, 0.25) is 0 Å². The first-order valence-electron chi connectivity index (χ1n) is 12.5. The highest BCUT2D eigenvalue weighted by molar-refractivity contribution is 7.93. The van der Waals surface area contributed by atoms with Crippen LogP contribution in [0.15, 0.2) is 61.2 Å². The van der Waals surface area contributed by atoms with Crippen molar-refractivity contribution in [1.82, 2.24) is 34.7 Å². The van der Waals surface area contributed by atoms with Crippen LogP contribution in [-0.4, -0.2) is 69.7 Å². The van der Waals surface area contributed by atoms with E-state index in [0.29, 0.717) is 39.6 Å². The average Bonchev–Trinajstić information content (AvgIpc) is 3.39. The Morgan fingerprint density at radius 2 is 1.54 bits per heavy atom. The zero-order valence-corrected chi connectivity index (χ0v) is 23.8. The van der Waals surface area contributed by atoms with Crippen molar-refractivity contribution in [3.8, 4) is 28.6 Å². The lowest BCUT2D eigenvalue weighted by Gasteiger charge is -2.23. The van der Waals surface area contributed by atoms with E-state index in [1.165, 1.54) is 32.8 Å². The molecule has 13 nitrogen and oxygen atoms in total. The topological polar surface area (TPSA) is 156 Å². The second kappa shape index (κ2) is 11.4. The summed E-state index contributed by atoms with van der Waals surface area (Å²) in [7, 11) is 0.276. The van der Waals surface area contributed by atoms with Gasteiger partial charge in [0.2, 0.25) is 16.0 Å². The van der Waals surface area contributed by atoms with E-state index in [2.05, 4.69) is 34.9 Å². The van der Waals surface area contributed by atoms with E-state index in [-0.39, 0.29) is 11.8 Å². The van der Waals surface area contributed by atoms with Gasteiger partial charge in [0, 0.05) is 37.5 Å². The molecule has 0 aliphatic heterocycles. The van der Waals surface area contributed by atoms with Gasteiger partial charge < -0.3 is 14.2 Å². The zero-order chi connectivity index (χ0) is 29.1. The molecule has 0 bridgehead atoms. The highest BCUT2D eigenvalue weighted by Gasteiger charge is 2.35. The van der Waals surface area contributed by atoms with E-state index < -0.39 is 21.4 Å². The van der Waals surface area contributed by atoms with Crippen molar-refractivity contribution in [1.29, 1.82) is 0 Å². The van der Waals surface area contributed by atoms with Crippen LogP contribution in [0.4, 0.5) is 5.95 Å². The van der Waals surface area contributed by atoms with E-state index in [9.17, 15) is 8.42 Å². The number of anilines is 1. The quantitative estimate of drug-likeness (QED) is 0.259. The van der Waals surface area contributed by atoms with Crippen LogP contribution in [0, 0.1) is 6.92 Å². The summed E-state index contributed by atoms with van der Waals surface area (Å²) in [6, 6.07) is 10.6. The second-order valence-electron chi connectivity index (χ2n) is 9.08. The fourth-order valence-corrected chi connectivity index (χ4v) is 5.47. The highest BCUT2D eigenvalue weighted by atomic mass is 32.2. The van der Waals surface area contributed by atoms with Gasteiger partial charge in [0.05, 0.1) is 25.3 Å². The van der Waals surface area contributed by atoms with E-state index in [1.807, 2.05) is 6.92 Å². The number of hydrogen-bond acceptors (Lipinski definition) is 11. The Balaban J connectivity index is 1.64. The predicted molar refractivity (Wildman–Crippen MR) is 152 cm³/mol. The van der Waals surface area contributed by atoms with Crippen LogP contribution in [0.5, 0.6) is 11.5 Å². The van der Waals surface area contributed by atoms with Crippen molar-refractivity contribution in [3.63, 3.8) is 0 Å². The molecule has 3 aromatic heterocycles. The number of sulfonamides is 1. The Labute approximate surface area is 236 Å². The van der Waals surface area contributed by atoms with Crippen molar-refractivity contribution in [2.45, 2.75) is 25.2 Å². The van der Waals surface area contributed by atoms with Gasteiger partial charge in [-0.05, 0) is 49.7 Å². The number of rotatable bonds is 10. The number of methoxy groups -OCH3 is 3. The third-order valence-corrected chi connectivity index (χ3v) is 8.17. The van der Waals surface area contributed by atoms with Gasteiger partial charge in [-0.15, -0.1) is 10.2 Å². The van der Waals surface area contributed by atoms with Crippen molar-refractivity contribution >= 4 is 27.0 Å². The normalized spacial score (nSPS) is 13.1. The first-order valence-corrected chi connectivity index (χ1v) is 14.0. The van der Waals surface area contributed by atoms with E-state index in [4.69, 9.17) is 14.2 Å². The maximum Gasteiger partial charge on any atom is 0.243 e. The minimum absolute atomic E-state index is 0.0893. The third kappa shape index (κ3) is 5.38. The number of fused-ring (bicyclic) bond motifs is 1. The van der Waals surface area contributed by atoms with Gasteiger partial charge in [-0.2, -0.15) is 0 Å². The van der Waals surface area contributed by atoms with Gasteiger partial charge in [0.25, 0.3) is 0 Å². The van der Waals surface area contributed by atoms with Gasteiger partial charge in [0.1, 0.15) is 28.5 Å². The summed E-state index contributed by atoms with van der Waals surface area (Å²) in [6.45, 7) is 3.35. The number of aromatic nitrogens is 7. The number of nitrogens with zero attached hydrogens (tertiary/aromatic N) is 7. The van der Waals surface area contributed by atoms with Crippen molar-refractivity contribution < 1.29 is 22.6 Å². The molecule has 1 N–H and O–H groups in total. The molecule has 3 heterocycles. The Kier molecular flexibility index (Phi) is 7.77. The van der Waals surface area contributed by atoms with E-state index >= 15 is 0 Å². The molecule has 2 unspecified atom stereocenters. The van der Waals surface area contributed by atoms with Crippen molar-refractivity contribution in [2.75, 3.05) is 26.1 Å². The number of hydrogen-bond donors (Lipinski definition) is 1. The molecular weight excluding hydrogens is 548 g/mol. The van der Waals surface area contributed by atoms with Gasteiger partial charge in [-0.25, -0.2) is 18.4 Å². The molecule has 14 heteroatoms. The highest BCUT2D eigenvalue weighted by Crippen LogP contribution is 2.38. The van der Waals surface area contributed by atoms with E-state index in [0.717, 1.165) is 5.56 Å². The fraction of sp³-hybridized carbons (Fsp3) is 0.259. The van der Waals surface area contributed by atoms with Gasteiger partial charge >= 0.3 is 0 Å². The van der Waals surface area contributed by atoms with Gasteiger partial charge in [0.15, 0.2) is 11.6 Å².